The molecular formula is C26H41ClN4O4. The predicted molar refractivity (Wildman–Crippen MR) is 139 cm³/mol. The topological polar surface area (TPSA) is 89.3 Å². The summed E-state index contributed by atoms with van der Waals surface area (Å²) in [4.78, 5) is 17.2. The van der Waals surface area contributed by atoms with Crippen LogP contribution in [0.3, 0.4) is 0 Å². The number of nitrogen functional groups attached to an aromatic ring is 1. The van der Waals surface area contributed by atoms with Crippen LogP contribution in [0.2, 0.25) is 5.02 Å². The second-order valence-electron chi connectivity index (χ2n) is 10.2. The largest absolute Gasteiger partial charge is 0.494 e. The summed E-state index contributed by atoms with van der Waals surface area (Å²) < 4.78 is 17.1. The Kier molecular flexibility index (Phi) is 9.39. The van der Waals surface area contributed by atoms with E-state index in [0.29, 0.717) is 28.8 Å². The van der Waals surface area contributed by atoms with E-state index in [2.05, 4.69) is 15.1 Å². The summed E-state index contributed by atoms with van der Waals surface area (Å²) in [6, 6.07) is 3.64. The van der Waals surface area contributed by atoms with Gasteiger partial charge in [-0.1, -0.05) is 18.0 Å². The lowest BCUT2D eigenvalue weighted by molar-refractivity contribution is -0.158. The number of carbonyl (C=O) groups is 1. The van der Waals surface area contributed by atoms with Crippen molar-refractivity contribution in [2.24, 2.45) is 5.92 Å². The maximum Gasteiger partial charge on any atom is 0.306 e. The molecule has 0 amide bonds. The lowest BCUT2D eigenvalue weighted by atomic mass is 9.86. The Morgan fingerprint density at radius 3 is 2.57 bits per heavy atom. The van der Waals surface area contributed by atoms with E-state index in [1.54, 1.807) is 26.4 Å². The van der Waals surface area contributed by atoms with Crippen LogP contribution in [-0.2, 0) is 14.3 Å². The number of benzene rings is 1. The third-order valence-electron chi connectivity index (χ3n) is 7.81. The SMILES string of the molecule is COc1cc(N)cc(Cl)c1N[C@@H]1CCN(CCCCCC(=O)O[C@H]2CN3CCC2CC3)C[C@@H]1OC. The molecule has 4 aliphatic rings. The lowest BCUT2D eigenvalue weighted by Gasteiger charge is -2.43. The molecule has 1 aromatic carbocycles. The van der Waals surface area contributed by atoms with Gasteiger partial charge in [0.1, 0.15) is 11.9 Å². The molecule has 0 aromatic heterocycles. The minimum Gasteiger partial charge on any atom is -0.494 e. The number of halogens is 1. The maximum atomic E-state index is 12.3. The number of fused-ring (bicyclic) bond motifs is 3. The van der Waals surface area contributed by atoms with Gasteiger partial charge in [-0.3, -0.25) is 9.69 Å². The number of esters is 1. The molecule has 3 atom stereocenters. The van der Waals surface area contributed by atoms with Gasteiger partial charge in [0.2, 0.25) is 0 Å². The monoisotopic (exact) mass is 508 g/mol. The Bertz CT molecular complexity index is 849. The quantitative estimate of drug-likeness (QED) is 0.266. The van der Waals surface area contributed by atoms with Gasteiger partial charge in [-0.25, -0.2) is 0 Å². The van der Waals surface area contributed by atoms with Crippen molar-refractivity contribution in [3.63, 3.8) is 0 Å². The molecular weight excluding hydrogens is 468 g/mol. The number of nitrogens with two attached hydrogens (primary N) is 1. The number of ether oxygens (including phenoxy) is 3. The number of nitrogens with zero attached hydrogens (tertiary/aromatic N) is 2. The Hall–Kier alpha value is -1.74. The van der Waals surface area contributed by atoms with E-state index in [4.69, 9.17) is 31.5 Å². The highest BCUT2D eigenvalue weighted by atomic mass is 35.5. The number of likely N-dealkylation sites (tertiary alicyclic amines) is 1. The zero-order valence-corrected chi connectivity index (χ0v) is 21.9. The zero-order chi connectivity index (χ0) is 24.8. The van der Waals surface area contributed by atoms with Crippen molar-refractivity contribution in [3.05, 3.63) is 17.2 Å². The normalized spacial score (nSPS) is 28.6. The summed E-state index contributed by atoms with van der Waals surface area (Å²) in [6.45, 7) is 6.10. The van der Waals surface area contributed by atoms with Crippen LogP contribution in [0.5, 0.6) is 5.75 Å². The average Bonchev–Trinajstić information content (AvgIpc) is 2.86. The highest BCUT2D eigenvalue weighted by Crippen LogP contribution is 2.36. The van der Waals surface area contributed by atoms with Gasteiger partial charge >= 0.3 is 5.97 Å². The second kappa shape index (κ2) is 12.5. The molecule has 4 heterocycles. The van der Waals surface area contributed by atoms with Crippen LogP contribution in [0, 0.1) is 5.92 Å². The number of anilines is 2. The van der Waals surface area contributed by atoms with E-state index in [1.807, 2.05) is 0 Å². The number of hydrogen-bond donors (Lipinski definition) is 2. The fourth-order valence-corrected chi connectivity index (χ4v) is 6.00. The summed E-state index contributed by atoms with van der Waals surface area (Å²) >= 11 is 6.43. The van der Waals surface area contributed by atoms with Crippen molar-refractivity contribution >= 4 is 28.9 Å². The van der Waals surface area contributed by atoms with E-state index in [-0.39, 0.29) is 24.2 Å². The van der Waals surface area contributed by atoms with Crippen LogP contribution >= 0.6 is 11.6 Å². The number of unbranched alkanes of at least 4 members (excludes halogenated alkanes) is 2. The molecule has 0 saturated carbocycles. The molecule has 0 spiro atoms. The average molecular weight is 509 g/mol. The third kappa shape index (κ3) is 6.94. The van der Waals surface area contributed by atoms with E-state index in [1.165, 1.54) is 25.9 Å². The maximum absolute atomic E-state index is 12.3. The highest BCUT2D eigenvalue weighted by Gasteiger charge is 2.36. The van der Waals surface area contributed by atoms with Crippen LogP contribution in [-0.4, -0.2) is 87.5 Å². The number of hydrogen-bond acceptors (Lipinski definition) is 8. The molecule has 0 unspecified atom stereocenters. The van der Waals surface area contributed by atoms with Crippen LogP contribution in [0.15, 0.2) is 12.1 Å². The number of rotatable bonds is 11. The molecule has 196 valence electrons. The first kappa shape index (κ1) is 26.3. The standard InChI is InChI=1S/C26H41ClN4O4/c1-33-22-15-19(28)14-20(27)26(22)29-21-9-13-30(17-24(21)34-2)10-5-3-4-6-25(32)35-23-16-31-11-7-18(23)8-12-31/h14-15,18,21,23-24,29H,3-13,16-17,28H2,1-2H3/t21-,23+,24+/m1/s1. The van der Waals surface area contributed by atoms with Crippen molar-refractivity contribution in [3.8, 4) is 5.75 Å². The van der Waals surface area contributed by atoms with Gasteiger partial charge in [-0.05, 0) is 63.7 Å². The summed E-state index contributed by atoms with van der Waals surface area (Å²) in [7, 11) is 3.37. The second-order valence-corrected chi connectivity index (χ2v) is 10.6. The van der Waals surface area contributed by atoms with E-state index < -0.39 is 0 Å². The van der Waals surface area contributed by atoms with Crippen molar-refractivity contribution in [2.45, 2.75) is 63.2 Å². The molecule has 35 heavy (non-hydrogen) atoms. The molecule has 2 bridgehead atoms. The molecule has 4 fully saturated rings. The molecule has 1 aromatic rings. The van der Waals surface area contributed by atoms with Crippen LogP contribution in [0.25, 0.3) is 0 Å². The Morgan fingerprint density at radius 2 is 1.89 bits per heavy atom. The van der Waals surface area contributed by atoms with Gasteiger partial charge in [0, 0.05) is 44.9 Å². The Labute approximate surface area is 214 Å². The van der Waals surface area contributed by atoms with E-state index in [9.17, 15) is 4.79 Å². The number of carbonyl (C=O) groups excluding carboxylic acids is 1. The summed E-state index contributed by atoms with van der Waals surface area (Å²) in [5.74, 6) is 1.19. The molecule has 8 nitrogen and oxygen atoms in total. The first-order valence-electron chi connectivity index (χ1n) is 13.0. The fourth-order valence-electron chi connectivity index (χ4n) is 5.73. The fraction of sp³-hybridized carbons (Fsp3) is 0.731. The van der Waals surface area contributed by atoms with E-state index >= 15 is 0 Å². The molecule has 9 heteroatoms. The van der Waals surface area contributed by atoms with Crippen molar-refractivity contribution in [2.75, 3.05) is 64.5 Å². The van der Waals surface area contributed by atoms with Gasteiger partial charge in [-0.2, -0.15) is 0 Å². The van der Waals surface area contributed by atoms with E-state index in [0.717, 1.165) is 57.5 Å². The predicted octanol–water partition coefficient (Wildman–Crippen LogP) is 3.63. The first-order valence-corrected chi connectivity index (χ1v) is 13.4. The van der Waals surface area contributed by atoms with Crippen LogP contribution < -0.4 is 15.8 Å². The van der Waals surface area contributed by atoms with Gasteiger partial charge in [0.15, 0.2) is 0 Å². The molecule has 0 radical (unpaired) electrons. The van der Waals surface area contributed by atoms with Crippen molar-refractivity contribution in [1.82, 2.24) is 9.80 Å². The van der Waals surface area contributed by atoms with Gasteiger partial charge < -0.3 is 30.2 Å². The lowest BCUT2D eigenvalue weighted by Crippen LogP contribution is -2.51. The smallest absolute Gasteiger partial charge is 0.306 e. The highest BCUT2D eigenvalue weighted by molar-refractivity contribution is 6.34. The summed E-state index contributed by atoms with van der Waals surface area (Å²) in [5.41, 5.74) is 7.23. The molecule has 3 N–H and O–H groups in total. The first-order chi connectivity index (χ1) is 17.0. The number of nitrogens with one attached hydrogen (secondary N) is 1. The molecule has 4 saturated heterocycles. The van der Waals surface area contributed by atoms with Gasteiger partial charge in [-0.15, -0.1) is 0 Å². The number of piperidine rings is 4. The zero-order valence-electron chi connectivity index (χ0n) is 21.1. The molecule has 5 rings (SSSR count). The summed E-state index contributed by atoms with van der Waals surface area (Å²) in [6.07, 6.45) is 6.96. The van der Waals surface area contributed by atoms with Gasteiger partial charge in [0.25, 0.3) is 0 Å². The Morgan fingerprint density at radius 1 is 1.09 bits per heavy atom. The van der Waals surface area contributed by atoms with Crippen molar-refractivity contribution < 1.29 is 19.0 Å². The minimum absolute atomic E-state index is 0.0214. The molecule has 4 aliphatic heterocycles. The minimum atomic E-state index is -0.0214. The summed E-state index contributed by atoms with van der Waals surface area (Å²) in [5, 5.41) is 4.08. The van der Waals surface area contributed by atoms with Crippen molar-refractivity contribution in [1.29, 1.82) is 0 Å². The third-order valence-corrected chi connectivity index (χ3v) is 8.10. The van der Waals surface area contributed by atoms with Gasteiger partial charge in [0.05, 0.1) is 30.0 Å². The number of methoxy groups -OCH3 is 2. The Balaban J connectivity index is 1.15. The van der Waals surface area contributed by atoms with Crippen LogP contribution in [0.4, 0.5) is 11.4 Å². The molecule has 0 aliphatic carbocycles. The van der Waals surface area contributed by atoms with Crippen LogP contribution in [0.1, 0.15) is 44.9 Å².